The van der Waals surface area contributed by atoms with Gasteiger partial charge in [0.25, 0.3) is 5.56 Å². The Morgan fingerprint density at radius 1 is 1.20 bits per heavy atom. The van der Waals surface area contributed by atoms with Gasteiger partial charge < -0.3 is 5.32 Å². The Balaban J connectivity index is 2.23. The standard InChI is InChI=1S/C16H21N3O/c1-4-13-6-8-14(9-7-13)15(17-3)11-19-16(20)10-5-12(2)18-19/h5-10,15,17H,4,11H2,1-3H3. The summed E-state index contributed by atoms with van der Waals surface area (Å²) in [5.41, 5.74) is 3.26. The first-order valence-corrected chi connectivity index (χ1v) is 6.95. The minimum atomic E-state index is -0.0685. The van der Waals surface area contributed by atoms with E-state index in [2.05, 4.69) is 41.6 Å². The van der Waals surface area contributed by atoms with Gasteiger partial charge in [-0.15, -0.1) is 0 Å². The molecule has 0 radical (unpaired) electrons. The van der Waals surface area contributed by atoms with Crippen LogP contribution in [0.3, 0.4) is 0 Å². The molecule has 0 bridgehead atoms. The summed E-state index contributed by atoms with van der Waals surface area (Å²) < 4.78 is 1.52. The van der Waals surface area contributed by atoms with Crippen molar-refractivity contribution in [3.05, 3.63) is 63.6 Å². The summed E-state index contributed by atoms with van der Waals surface area (Å²) in [6.07, 6.45) is 1.03. The molecule has 1 heterocycles. The predicted octanol–water partition coefficient (Wildman–Crippen LogP) is 2.07. The van der Waals surface area contributed by atoms with Gasteiger partial charge in [-0.1, -0.05) is 31.2 Å². The van der Waals surface area contributed by atoms with Crippen molar-refractivity contribution in [3.63, 3.8) is 0 Å². The second-order valence-corrected chi connectivity index (χ2v) is 4.93. The van der Waals surface area contributed by atoms with Crippen molar-refractivity contribution in [2.45, 2.75) is 32.9 Å². The number of likely N-dealkylation sites (N-methyl/N-ethyl adjacent to an activating group) is 1. The van der Waals surface area contributed by atoms with Gasteiger partial charge in [-0.25, -0.2) is 4.68 Å². The van der Waals surface area contributed by atoms with Crippen LogP contribution in [0.15, 0.2) is 41.2 Å². The van der Waals surface area contributed by atoms with Crippen LogP contribution in [0.2, 0.25) is 0 Å². The van der Waals surface area contributed by atoms with Crippen molar-refractivity contribution >= 4 is 0 Å². The zero-order valence-corrected chi connectivity index (χ0v) is 12.3. The van der Waals surface area contributed by atoms with Gasteiger partial charge in [-0.05, 0) is 37.6 Å². The number of aromatic nitrogens is 2. The van der Waals surface area contributed by atoms with E-state index >= 15 is 0 Å². The van der Waals surface area contributed by atoms with E-state index in [4.69, 9.17) is 0 Å². The van der Waals surface area contributed by atoms with Gasteiger partial charge in [-0.3, -0.25) is 4.79 Å². The number of hydrogen-bond acceptors (Lipinski definition) is 3. The molecule has 2 rings (SSSR count). The molecule has 0 spiro atoms. The van der Waals surface area contributed by atoms with Crippen LogP contribution in [-0.2, 0) is 13.0 Å². The Kier molecular flexibility index (Phi) is 4.69. The molecule has 4 heteroatoms. The fourth-order valence-electron chi connectivity index (χ4n) is 2.20. The van der Waals surface area contributed by atoms with E-state index < -0.39 is 0 Å². The molecule has 1 aromatic carbocycles. The van der Waals surface area contributed by atoms with Crippen molar-refractivity contribution < 1.29 is 0 Å². The zero-order chi connectivity index (χ0) is 14.5. The van der Waals surface area contributed by atoms with E-state index in [-0.39, 0.29) is 11.6 Å². The molecule has 2 aromatic rings. The van der Waals surface area contributed by atoms with E-state index in [9.17, 15) is 4.79 Å². The lowest BCUT2D eigenvalue weighted by atomic mass is 10.0. The second-order valence-electron chi connectivity index (χ2n) is 4.93. The summed E-state index contributed by atoms with van der Waals surface area (Å²) in [4.78, 5) is 11.8. The molecule has 0 aliphatic carbocycles. The highest BCUT2D eigenvalue weighted by Gasteiger charge is 2.11. The Hall–Kier alpha value is -1.94. The molecule has 0 aliphatic rings. The monoisotopic (exact) mass is 271 g/mol. The van der Waals surface area contributed by atoms with E-state index in [0.717, 1.165) is 12.1 Å². The molecule has 0 fully saturated rings. The van der Waals surface area contributed by atoms with Gasteiger partial charge in [-0.2, -0.15) is 5.10 Å². The quantitative estimate of drug-likeness (QED) is 0.905. The van der Waals surface area contributed by atoms with Crippen LogP contribution in [0, 0.1) is 6.92 Å². The van der Waals surface area contributed by atoms with Crippen molar-refractivity contribution in [2.24, 2.45) is 0 Å². The molecule has 0 aliphatic heterocycles. The lowest BCUT2D eigenvalue weighted by Crippen LogP contribution is -2.30. The van der Waals surface area contributed by atoms with Gasteiger partial charge in [0.05, 0.1) is 18.3 Å². The van der Waals surface area contributed by atoms with Crippen molar-refractivity contribution in [1.82, 2.24) is 15.1 Å². The third-order valence-electron chi connectivity index (χ3n) is 3.49. The van der Waals surface area contributed by atoms with E-state index in [1.54, 1.807) is 12.1 Å². The molecule has 106 valence electrons. The minimum absolute atomic E-state index is 0.0685. The van der Waals surface area contributed by atoms with Crippen LogP contribution in [0.1, 0.15) is 29.8 Å². The molecular formula is C16H21N3O. The number of hydrogen-bond donors (Lipinski definition) is 1. The number of nitrogens with zero attached hydrogens (tertiary/aromatic N) is 2. The Morgan fingerprint density at radius 2 is 1.90 bits per heavy atom. The van der Waals surface area contributed by atoms with Gasteiger partial charge in [0.1, 0.15) is 0 Å². The molecule has 4 nitrogen and oxygen atoms in total. The van der Waals surface area contributed by atoms with Crippen LogP contribution in [-0.4, -0.2) is 16.8 Å². The van der Waals surface area contributed by atoms with Gasteiger partial charge >= 0.3 is 0 Å². The Bertz CT molecular complexity index is 616. The molecule has 0 saturated carbocycles. The normalized spacial score (nSPS) is 12.3. The first kappa shape index (κ1) is 14.5. The molecule has 1 atom stereocenters. The zero-order valence-electron chi connectivity index (χ0n) is 12.3. The Morgan fingerprint density at radius 3 is 2.50 bits per heavy atom. The maximum absolute atomic E-state index is 11.8. The fraction of sp³-hybridized carbons (Fsp3) is 0.375. The van der Waals surface area contributed by atoms with Crippen molar-refractivity contribution in [2.75, 3.05) is 7.05 Å². The summed E-state index contributed by atoms with van der Waals surface area (Å²) in [6.45, 7) is 4.56. The third-order valence-corrected chi connectivity index (χ3v) is 3.49. The molecule has 1 aromatic heterocycles. The maximum Gasteiger partial charge on any atom is 0.266 e. The number of nitrogens with one attached hydrogen (secondary N) is 1. The number of benzene rings is 1. The van der Waals surface area contributed by atoms with Crippen LogP contribution < -0.4 is 10.9 Å². The summed E-state index contributed by atoms with van der Waals surface area (Å²) >= 11 is 0. The summed E-state index contributed by atoms with van der Waals surface area (Å²) in [5.74, 6) is 0. The SMILES string of the molecule is CCc1ccc(C(Cn2nc(C)ccc2=O)NC)cc1. The summed E-state index contributed by atoms with van der Waals surface area (Å²) in [6, 6.07) is 11.9. The van der Waals surface area contributed by atoms with Crippen LogP contribution >= 0.6 is 0 Å². The first-order valence-electron chi connectivity index (χ1n) is 6.95. The average molecular weight is 271 g/mol. The Labute approximate surface area is 119 Å². The topological polar surface area (TPSA) is 46.9 Å². The highest BCUT2D eigenvalue weighted by atomic mass is 16.1. The first-order chi connectivity index (χ1) is 9.63. The van der Waals surface area contributed by atoms with Crippen LogP contribution in [0.25, 0.3) is 0 Å². The van der Waals surface area contributed by atoms with Crippen molar-refractivity contribution in [1.29, 1.82) is 0 Å². The van der Waals surface area contributed by atoms with Crippen LogP contribution in [0.5, 0.6) is 0 Å². The smallest absolute Gasteiger partial charge is 0.266 e. The highest BCUT2D eigenvalue weighted by Crippen LogP contribution is 2.15. The highest BCUT2D eigenvalue weighted by molar-refractivity contribution is 5.25. The average Bonchev–Trinajstić information content (AvgIpc) is 2.48. The van der Waals surface area contributed by atoms with E-state index in [1.165, 1.54) is 15.8 Å². The van der Waals surface area contributed by atoms with Crippen molar-refractivity contribution in [3.8, 4) is 0 Å². The van der Waals surface area contributed by atoms with E-state index in [1.807, 2.05) is 14.0 Å². The van der Waals surface area contributed by atoms with Gasteiger partial charge in [0.15, 0.2) is 0 Å². The lowest BCUT2D eigenvalue weighted by Gasteiger charge is -2.18. The lowest BCUT2D eigenvalue weighted by molar-refractivity contribution is 0.449. The maximum atomic E-state index is 11.8. The van der Waals surface area contributed by atoms with Gasteiger partial charge in [0.2, 0.25) is 0 Å². The number of rotatable bonds is 5. The molecule has 1 unspecified atom stereocenters. The predicted molar refractivity (Wildman–Crippen MR) is 80.9 cm³/mol. The summed E-state index contributed by atoms with van der Waals surface area (Å²) in [5, 5.41) is 7.54. The molecule has 1 N–H and O–H groups in total. The fourth-order valence-corrected chi connectivity index (χ4v) is 2.20. The number of aryl methyl sites for hydroxylation is 2. The third kappa shape index (κ3) is 3.33. The van der Waals surface area contributed by atoms with E-state index in [0.29, 0.717) is 6.54 Å². The largest absolute Gasteiger partial charge is 0.311 e. The molecular weight excluding hydrogens is 250 g/mol. The second kappa shape index (κ2) is 6.48. The minimum Gasteiger partial charge on any atom is -0.311 e. The van der Waals surface area contributed by atoms with Crippen LogP contribution in [0.4, 0.5) is 0 Å². The molecule has 0 amide bonds. The van der Waals surface area contributed by atoms with Gasteiger partial charge in [0, 0.05) is 6.07 Å². The molecule has 0 saturated heterocycles. The summed E-state index contributed by atoms with van der Waals surface area (Å²) in [7, 11) is 1.90. The molecule has 20 heavy (non-hydrogen) atoms.